The van der Waals surface area contributed by atoms with Crippen LogP contribution in [0.15, 0.2) is 34.1 Å². The van der Waals surface area contributed by atoms with Crippen LogP contribution in [0.25, 0.3) is 10.2 Å². The molecule has 0 amide bonds. The quantitative estimate of drug-likeness (QED) is 0.495. The van der Waals surface area contributed by atoms with Crippen molar-refractivity contribution < 1.29 is 0 Å². The first-order valence-corrected chi connectivity index (χ1v) is 7.59. The molecule has 102 valence electrons. The molecule has 5 nitrogen and oxygen atoms in total. The van der Waals surface area contributed by atoms with Crippen molar-refractivity contribution in [1.82, 2.24) is 9.97 Å². The Labute approximate surface area is 128 Å². The minimum atomic E-state index is 0.399. The lowest BCUT2D eigenvalue weighted by molar-refractivity contribution is 1.16. The smallest absolute Gasteiger partial charge is 0.240 e. The van der Waals surface area contributed by atoms with E-state index >= 15 is 0 Å². The minimum absolute atomic E-state index is 0.399. The second-order valence-electron chi connectivity index (χ2n) is 4.27. The summed E-state index contributed by atoms with van der Waals surface area (Å²) in [6, 6.07) is 8.05. The number of fused-ring (bicyclic) bond motifs is 1. The Balaban J connectivity index is 2.04. The standard InChI is InChI=1S/C13H12BrN5S/c1-7-6-8(2-3-10(7)14)16-11-9-4-5-20-12(9)18-13(17-11)19-15/h2-6H,15H2,1H3,(H2,16,17,18,19). The van der Waals surface area contributed by atoms with Gasteiger partial charge in [-0.1, -0.05) is 15.9 Å². The van der Waals surface area contributed by atoms with E-state index in [4.69, 9.17) is 5.84 Å². The van der Waals surface area contributed by atoms with E-state index in [0.29, 0.717) is 5.95 Å². The predicted molar refractivity (Wildman–Crippen MR) is 87.4 cm³/mol. The third-order valence-electron chi connectivity index (χ3n) is 2.87. The van der Waals surface area contributed by atoms with Gasteiger partial charge in [-0.25, -0.2) is 10.8 Å². The molecule has 1 aromatic carbocycles. The molecule has 3 rings (SSSR count). The van der Waals surface area contributed by atoms with Gasteiger partial charge < -0.3 is 5.32 Å². The van der Waals surface area contributed by atoms with Crippen molar-refractivity contribution in [3.63, 3.8) is 0 Å². The summed E-state index contributed by atoms with van der Waals surface area (Å²) in [6.45, 7) is 2.04. The summed E-state index contributed by atoms with van der Waals surface area (Å²) in [5.41, 5.74) is 4.62. The molecular formula is C13H12BrN5S. The number of hydrazine groups is 1. The average molecular weight is 350 g/mol. The fourth-order valence-corrected chi connectivity index (χ4v) is 2.88. The van der Waals surface area contributed by atoms with E-state index < -0.39 is 0 Å². The maximum absolute atomic E-state index is 5.41. The summed E-state index contributed by atoms with van der Waals surface area (Å²) in [5, 5.41) is 6.28. The number of hydrogen-bond donors (Lipinski definition) is 3. The van der Waals surface area contributed by atoms with Gasteiger partial charge in [0.15, 0.2) is 0 Å². The highest BCUT2D eigenvalue weighted by atomic mass is 79.9. The van der Waals surface area contributed by atoms with Gasteiger partial charge >= 0.3 is 0 Å². The number of aromatic nitrogens is 2. The number of nitrogens with zero attached hydrogens (tertiary/aromatic N) is 2. The maximum atomic E-state index is 5.41. The Morgan fingerprint density at radius 1 is 1.25 bits per heavy atom. The molecule has 0 fully saturated rings. The van der Waals surface area contributed by atoms with Gasteiger partial charge in [-0.05, 0) is 42.1 Å². The summed E-state index contributed by atoms with van der Waals surface area (Å²) < 4.78 is 1.08. The topological polar surface area (TPSA) is 75.9 Å². The first kappa shape index (κ1) is 13.3. The highest BCUT2D eigenvalue weighted by Gasteiger charge is 2.09. The van der Waals surface area contributed by atoms with Crippen LogP contribution in [0, 0.1) is 6.92 Å². The van der Waals surface area contributed by atoms with Crippen LogP contribution in [0.2, 0.25) is 0 Å². The van der Waals surface area contributed by atoms with Gasteiger partial charge in [0.1, 0.15) is 10.6 Å². The Kier molecular flexibility index (Phi) is 3.56. The van der Waals surface area contributed by atoms with Crippen LogP contribution in [-0.4, -0.2) is 9.97 Å². The summed E-state index contributed by atoms with van der Waals surface area (Å²) in [5.74, 6) is 6.55. The summed E-state index contributed by atoms with van der Waals surface area (Å²) >= 11 is 5.05. The molecular weight excluding hydrogens is 338 g/mol. The van der Waals surface area contributed by atoms with Crippen molar-refractivity contribution in [3.8, 4) is 0 Å². The van der Waals surface area contributed by atoms with Crippen molar-refractivity contribution >= 4 is 54.9 Å². The molecule has 0 atom stereocenters. The van der Waals surface area contributed by atoms with Gasteiger partial charge in [0.2, 0.25) is 5.95 Å². The van der Waals surface area contributed by atoms with Gasteiger partial charge in [-0.3, -0.25) is 5.43 Å². The number of benzene rings is 1. The van der Waals surface area contributed by atoms with Crippen LogP contribution in [0.1, 0.15) is 5.56 Å². The average Bonchev–Trinajstić information content (AvgIpc) is 2.91. The third-order valence-corrected chi connectivity index (χ3v) is 4.57. The summed E-state index contributed by atoms with van der Waals surface area (Å²) in [6.07, 6.45) is 0. The van der Waals surface area contributed by atoms with E-state index in [1.54, 1.807) is 11.3 Å². The molecule has 4 N–H and O–H groups in total. The molecule has 20 heavy (non-hydrogen) atoms. The molecule has 0 aliphatic rings. The molecule has 0 saturated heterocycles. The summed E-state index contributed by atoms with van der Waals surface area (Å²) in [4.78, 5) is 9.58. The molecule has 0 unspecified atom stereocenters. The molecule has 0 radical (unpaired) electrons. The SMILES string of the molecule is Cc1cc(Nc2nc(NN)nc3sccc23)ccc1Br. The lowest BCUT2D eigenvalue weighted by Crippen LogP contribution is -2.11. The first-order valence-electron chi connectivity index (χ1n) is 5.92. The second-order valence-corrected chi connectivity index (χ2v) is 6.02. The van der Waals surface area contributed by atoms with Crippen molar-refractivity contribution in [1.29, 1.82) is 0 Å². The molecule has 3 aromatic rings. The van der Waals surface area contributed by atoms with Crippen LogP contribution in [0.5, 0.6) is 0 Å². The minimum Gasteiger partial charge on any atom is -0.340 e. The van der Waals surface area contributed by atoms with E-state index in [1.165, 1.54) is 0 Å². The largest absolute Gasteiger partial charge is 0.340 e. The van der Waals surface area contributed by atoms with Crippen molar-refractivity contribution in [3.05, 3.63) is 39.7 Å². The number of nitrogen functional groups attached to an aromatic ring is 1. The van der Waals surface area contributed by atoms with Gasteiger partial charge in [0.05, 0.1) is 5.39 Å². The summed E-state index contributed by atoms with van der Waals surface area (Å²) in [7, 11) is 0. The zero-order valence-corrected chi connectivity index (χ0v) is 13.0. The number of aryl methyl sites for hydroxylation is 1. The van der Waals surface area contributed by atoms with Crippen LogP contribution in [0.4, 0.5) is 17.5 Å². The van der Waals surface area contributed by atoms with Crippen LogP contribution in [0.3, 0.4) is 0 Å². The third kappa shape index (κ3) is 2.47. The molecule has 0 aliphatic heterocycles. The molecule has 7 heteroatoms. The van der Waals surface area contributed by atoms with E-state index in [1.807, 2.05) is 30.5 Å². The lowest BCUT2D eigenvalue weighted by atomic mass is 10.2. The number of thiophene rings is 1. The van der Waals surface area contributed by atoms with Gasteiger partial charge in [-0.15, -0.1) is 11.3 Å². The van der Waals surface area contributed by atoms with Crippen molar-refractivity contribution in [2.24, 2.45) is 5.84 Å². The number of hydrogen-bond acceptors (Lipinski definition) is 6. The molecule has 0 spiro atoms. The Morgan fingerprint density at radius 3 is 2.85 bits per heavy atom. The zero-order valence-electron chi connectivity index (χ0n) is 10.6. The zero-order chi connectivity index (χ0) is 14.1. The first-order chi connectivity index (χ1) is 9.67. The van der Waals surface area contributed by atoms with Gasteiger partial charge in [0.25, 0.3) is 0 Å². The highest BCUT2D eigenvalue weighted by Crippen LogP contribution is 2.29. The van der Waals surface area contributed by atoms with Crippen molar-refractivity contribution in [2.45, 2.75) is 6.92 Å². The van der Waals surface area contributed by atoms with Crippen LogP contribution < -0.4 is 16.6 Å². The Morgan fingerprint density at radius 2 is 2.10 bits per heavy atom. The molecule has 0 saturated carbocycles. The van der Waals surface area contributed by atoms with Crippen LogP contribution in [-0.2, 0) is 0 Å². The number of rotatable bonds is 3. The molecule has 0 aliphatic carbocycles. The number of halogens is 1. The predicted octanol–water partition coefficient (Wildman–Crippen LogP) is 3.79. The second kappa shape index (κ2) is 5.35. The molecule has 0 bridgehead atoms. The maximum Gasteiger partial charge on any atom is 0.240 e. The fraction of sp³-hybridized carbons (Fsp3) is 0.0769. The Hall–Kier alpha value is -1.70. The van der Waals surface area contributed by atoms with E-state index in [0.717, 1.165) is 31.8 Å². The van der Waals surface area contributed by atoms with Gasteiger partial charge in [-0.2, -0.15) is 4.98 Å². The van der Waals surface area contributed by atoms with E-state index in [2.05, 4.69) is 42.7 Å². The highest BCUT2D eigenvalue weighted by molar-refractivity contribution is 9.10. The lowest BCUT2D eigenvalue weighted by Gasteiger charge is -2.09. The monoisotopic (exact) mass is 349 g/mol. The number of anilines is 3. The molecule has 2 aromatic heterocycles. The van der Waals surface area contributed by atoms with E-state index in [9.17, 15) is 0 Å². The fourth-order valence-electron chi connectivity index (χ4n) is 1.87. The Bertz CT molecular complexity index is 771. The number of nitrogens with two attached hydrogens (primary N) is 1. The van der Waals surface area contributed by atoms with Gasteiger partial charge in [0, 0.05) is 10.2 Å². The van der Waals surface area contributed by atoms with Crippen molar-refractivity contribution in [2.75, 3.05) is 10.7 Å². The van der Waals surface area contributed by atoms with Crippen LogP contribution >= 0.6 is 27.3 Å². The van der Waals surface area contributed by atoms with E-state index in [-0.39, 0.29) is 0 Å². The molecule has 2 heterocycles. The number of nitrogens with one attached hydrogen (secondary N) is 2. The normalized spacial score (nSPS) is 10.8.